The average molecular weight is 279 g/mol. The summed E-state index contributed by atoms with van der Waals surface area (Å²) >= 11 is 6.42. The van der Waals surface area contributed by atoms with Crippen molar-refractivity contribution in [2.45, 2.75) is 19.2 Å². The van der Waals surface area contributed by atoms with Gasteiger partial charge in [-0.25, -0.2) is 4.39 Å². The SMILES string of the molecule is CCOc1ccc(C(Cl)c2ccc(F)c(C)c2)cc1. The van der Waals surface area contributed by atoms with Crippen molar-refractivity contribution in [1.29, 1.82) is 0 Å². The highest BCUT2D eigenvalue weighted by Crippen LogP contribution is 2.30. The van der Waals surface area contributed by atoms with E-state index in [-0.39, 0.29) is 11.2 Å². The molecule has 0 bridgehead atoms. The van der Waals surface area contributed by atoms with Crippen LogP contribution >= 0.6 is 11.6 Å². The van der Waals surface area contributed by atoms with Crippen LogP contribution < -0.4 is 4.74 Å². The first-order valence-electron chi connectivity index (χ1n) is 6.24. The summed E-state index contributed by atoms with van der Waals surface area (Å²) in [6, 6.07) is 12.6. The summed E-state index contributed by atoms with van der Waals surface area (Å²) in [6.07, 6.45) is 0. The number of rotatable bonds is 4. The molecule has 0 amide bonds. The second-order valence-electron chi connectivity index (χ2n) is 4.37. The molecule has 0 spiro atoms. The molecule has 2 rings (SSSR count). The fourth-order valence-electron chi connectivity index (χ4n) is 1.92. The zero-order valence-electron chi connectivity index (χ0n) is 11.0. The third kappa shape index (κ3) is 3.27. The summed E-state index contributed by atoms with van der Waals surface area (Å²) in [5.74, 6) is 0.615. The van der Waals surface area contributed by atoms with Gasteiger partial charge in [0.1, 0.15) is 11.6 Å². The maximum Gasteiger partial charge on any atom is 0.126 e. The lowest BCUT2D eigenvalue weighted by atomic mass is 10.0. The van der Waals surface area contributed by atoms with Crippen molar-refractivity contribution in [3.63, 3.8) is 0 Å². The van der Waals surface area contributed by atoms with Crippen LogP contribution in [0.15, 0.2) is 42.5 Å². The number of hydrogen-bond acceptors (Lipinski definition) is 1. The number of aryl methyl sites for hydroxylation is 1. The van der Waals surface area contributed by atoms with Gasteiger partial charge in [0.25, 0.3) is 0 Å². The summed E-state index contributed by atoms with van der Waals surface area (Å²) < 4.78 is 18.6. The van der Waals surface area contributed by atoms with Crippen LogP contribution in [0.4, 0.5) is 4.39 Å². The molecule has 1 nitrogen and oxygen atoms in total. The zero-order valence-corrected chi connectivity index (χ0v) is 11.7. The summed E-state index contributed by atoms with van der Waals surface area (Å²) in [4.78, 5) is 0. The number of benzene rings is 2. The molecule has 0 radical (unpaired) electrons. The molecule has 0 aromatic heterocycles. The highest BCUT2D eigenvalue weighted by Gasteiger charge is 2.12. The van der Waals surface area contributed by atoms with Crippen LogP contribution in [0, 0.1) is 12.7 Å². The van der Waals surface area contributed by atoms with E-state index in [1.165, 1.54) is 6.07 Å². The van der Waals surface area contributed by atoms with Gasteiger partial charge in [0.05, 0.1) is 12.0 Å². The highest BCUT2D eigenvalue weighted by atomic mass is 35.5. The lowest BCUT2D eigenvalue weighted by molar-refractivity contribution is 0.340. The Morgan fingerprint density at radius 3 is 2.32 bits per heavy atom. The predicted molar refractivity (Wildman–Crippen MR) is 76.4 cm³/mol. The Kier molecular flexibility index (Phi) is 4.43. The maximum atomic E-state index is 13.2. The van der Waals surface area contributed by atoms with Crippen molar-refractivity contribution in [1.82, 2.24) is 0 Å². The minimum Gasteiger partial charge on any atom is -0.494 e. The van der Waals surface area contributed by atoms with Crippen molar-refractivity contribution in [3.8, 4) is 5.75 Å². The third-order valence-electron chi connectivity index (χ3n) is 2.96. The number of hydrogen-bond donors (Lipinski definition) is 0. The van der Waals surface area contributed by atoms with Gasteiger partial charge in [-0.2, -0.15) is 0 Å². The molecule has 0 aliphatic carbocycles. The Labute approximate surface area is 118 Å². The molecule has 0 heterocycles. The number of ether oxygens (including phenoxy) is 1. The minimum atomic E-state index is -0.282. The Bertz CT molecular complexity index is 551. The van der Waals surface area contributed by atoms with Gasteiger partial charge in [-0.05, 0) is 48.7 Å². The van der Waals surface area contributed by atoms with E-state index in [1.54, 1.807) is 19.1 Å². The second-order valence-corrected chi connectivity index (χ2v) is 4.81. The van der Waals surface area contributed by atoms with Crippen molar-refractivity contribution in [3.05, 3.63) is 65.0 Å². The van der Waals surface area contributed by atoms with E-state index in [0.29, 0.717) is 12.2 Å². The molecule has 3 heteroatoms. The molecule has 19 heavy (non-hydrogen) atoms. The Hall–Kier alpha value is -1.54. The van der Waals surface area contributed by atoms with E-state index in [2.05, 4.69) is 0 Å². The molecule has 0 saturated carbocycles. The first-order chi connectivity index (χ1) is 9.11. The lowest BCUT2D eigenvalue weighted by Gasteiger charge is -2.12. The molecular formula is C16H16ClFO. The van der Waals surface area contributed by atoms with E-state index in [4.69, 9.17) is 16.3 Å². The Balaban J connectivity index is 2.22. The highest BCUT2D eigenvalue weighted by molar-refractivity contribution is 6.22. The summed E-state index contributed by atoms with van der Waals surface area (Å²) in [5, 5.41) is -0.282. The standard InChI is InChI=1S/C16H16ClFO/c1-3-19-14-7-4-12(5-8-14)16(17)13-6-9-15(18)11(2)10-13/h4-10,16H,3H2,1-2H3. The molecule has 1 unspecified atom stereocenters. The summed E-state index contributed by atoms with van der Waals surface area (Å²) in [6.45, 7) is 4.32. The van der Waals surface area contributed by atoms with E-state index in [0.717, 1.165) is 16.9 Å². The third-order valence-corrected chi connectivity index (χ3v) is 3.46. The molecule has 0 aliphatic rings. The Morgan fingerprint density at radius 1 is 1.11 bits per heavy atom. The van der Waals surface area contributed by atoms with Crippen LogP contribution in [0.3, 0.4) is 0 Å². The quantitative estimate of drug-likeness (QED) is 0.726. The van der Waals surface area contributed by atoms with Gasteiger partial charge in [-0.3, -0.25) is 0 Å². The van der Waals surface area contributed by atoms with Crippen LogP contribution in [-0.4, -0.2) is 6.61 Å². The summed E-state index contributed by atoms with van der Waals surface area (Å²) in [7, 11) is 0. The van der Waals surface area contributed by atoms with Crippen LogP contribution in [0.2, 0.25) is 0 Å². The van der Waals surface area contributed by atoms with Crippen LogP contribution in [0.5, 0.6) is 5.75 Å². The predicted octanol–water partition coefficient (Wildman–Crippen LogP) is 4.86. The van der Waals surface area contributed by atoms with Gasteiger partial charge in [0, 0.05) is 0 Å². The normalized spacial score (nSPS) is 12.2. The largest absolute Gasteiger partial charge is 0.494 e. The van der Waals surface area contributed by atoms with Crippen molar-refractivity contribution in [2.24, 2.45) is 0 Å². The molecule has 0 aliphatic heterocycles. The van der Waals surface area contributed by atoms with E-state index >= 15 is 0 Å². The van der Waals surface area contributed by atoms with E-state index in [1.807, 2.05) is 31.2 Å². The van der Waals surface area contributed by atoms with Gasteiger partial charge in [-0.15, -0.1) is 11.6 Å². The van der Waals surface area contributed by atoms with Gasteiger partial charge < -0.3 is 4.74 Å². The average Bonchev–Trinajstić information content (AvgIpc) is 2.42. The molecule has 0 N–H and O–H groups in total. The maximum absolute atomic E-state index is 13.2. The van der Waals surface area contributed by atoms with Gasteiger partial charge in [-0.1, -0.05) is 24.3 Å². The van der Waals surface area contributed by atoms with Crippen molar-refractivity contribution >= 4 is 11.6 Å². The van der Waals surface area contributed by atoms with Crippen molar-refractivity contribution < 1.29 is 9.13 Å². The monoisotopic (exact) mass is 278 g/mol. The topological polar surface area (TPSA) is 9.23 Å². The van der Waals surface area contributed by atoms with Crippen LogP contribution in [0.1, 0.15) is 29.0 Å². The fourth-order valence-corrected chi connectivity index (χ4v) is 2.20. The summed E-state index contributed by atoms with van der Waals surface area (Å²) in [5.41, 5.74) is 2.47. The van der Waals surface area contributed by atoms with Crippen molar-refractivity contribution in [2.75, 3.05) is 6.61 Å². The van der Waals surface area contributed by atoms with E-state index < -0.39 is 0 Å². The molecule has 1 atom stereocenters. The number of halogens is 2. The molecule has 0 saturated heterocycles. The smallest absolute Gasteiger partial charge is 0.126 e. The first kappa shape index (κ1) is 13.9. The molecule has 100 valence electrons. The van der Waals surface area contributed by atoms with Gasteiger partial charge >= 0.3 is 0 Å². The molecule has 2 aromatic rings. The molecule has 0 fully saturated rings. The Morgan fingerprint density at radius 2 is 1.74 bits per heavy atom. The molecule has 2 aromatic carbocycles. The lowest BCUT2D eigenvalue weighted by Crippen LogP contribution is -1.96. The number of alkyl halides is 1. The first-order valence-corrected chi connectivity index (χ1v) is 6.68. The fraction of sp³-hybridized carbons (Fsp3) is 0.250. The van der Waals surface area contributed by atoms with Crippen LogP contribution in [0.25, 0.3) is 0 Å². The van der Waals surface area contributed by atoms with E-state index in [9.17, 15) is 4.39 Å². The minimum absolute atomic E-state index is 0.209. The van der Waals surface area contributed by atoms with Gasteiger partial charge in [0.2, 0.25) is 0 Å². The molecular weight excluding hydrogens is 263 g/mol. The second kappa shape index (κ2) is 6.07. The van der Waals surface area contributed by atoms with Crippen LogP contribution in [-0.2, 0) is 0 Å². The van der Waals surface area contributed by atoms with Gasteiger partial charge in [0.15, 0.2) is 0 Å². The zero-order chi connectivity index (χ0) is 13.8.